The zero-order chi connectivity index (χ0) is 16.7. The standard InChI is InChI=1S/C18H24N4O2/c1-11(2)16-9-22-8-12(7-13(22)10-24-16)19-18(23)17-14-5-3-4-6-15(14)20-21-17/h3-6,11-13,16H,7-10H2,1-2H3,(H,19,23)(H,20,21)/t12-,13+,16+/m1/s1. The van der Waals surface area contributed by atoms with Crippen LogP contribution in [0.15, 0.2) is 24.3 Å². The van der Waals surface area contributed by atoms with E-state index in [1.807, 2.05) is 24.3 Å². The first-order valence-electron chi connectivity index (χ1n) is 8.71. The Labute approximate surface area is 141 Å². The van der Waals surface area contributed by atoms with Crippen LogP contribution in [0.25, 0.3) is 10.9 Å². The van der Waals surface area contributed by atoms with E-state index in [0.29, 0.717) is 23.8 Å². The van der Waals surface area contributed by atoms with Crippen LogP contribution in [0.4, 0.5) is 0 Å². The number of nitrogens with zero attached hydrogens (tertiary/aromatic N) is 2. The molecule has 1 amide bonds. The van der Waals surface area contributed by atoms with Crippen molar-refractivity contribution in [3.8, 4) is 0 Å². The number of morpholine rings is 1. The lowest BCUT2D eigenvalue weighted by Gasteiger charge is -2.36. The number of benzene rings is 1. The van der Waals surface area contributed by atoms with Gasteiger partial charge in [-0.3, -0.25) is 14.8 Å². The minimum atomic E-state index is -0.0985. The Kier molecular flexibility index (Phi) is 4.02. The van der Waals surface area contributed by atoms with E-state index >= 15 is 0 Å². The fourth-order valence-corrected chi connectivity index (χ4v) is 3.80. The summed E-state index contributed by atoms with van der Waals surface area (Å²) in [6.45, 7) is 7.01. The number of rotatable bonds is 3. The molecular weight excluding hydrogens is 304 g/mol. The number of nitrogens with one attached hydrogen (secondary N) is 2. The van der Waals surface area contributed by atoms with Crippen LogP contribution < -0.4 is 5.32 Å². The van der Waals surface area contributed by atoms with E-state index < -0.39 is 0 Å². The second-order valence-electron chi connectivity index (χ2n) is 7.25. The van der Waals surface area contributed by atoms with Crippen molar-refractivity contribution < 1.29 is 9.53 Å². The number of carbonyl (C=O) groups is 1. The Balaban J connectivity index is 1.42. The summed E-state index contributed by atoms with van der Waals surface area (Å²) in [6, 6.07) is 8.29. The van der Waals surface area contributed by atoms with Gasteiger partial charge >= 0.3 is 0 Å². The van der Waals surface area contributed by atoms with Crippen LogP contribution in [-0.2, 0) is 4.74 Å². The monoisotopic (exact) mass is 328 g/mol. The van der Waals surface area contributed by atoms with Crippen molar-refractivity contribution in [1.29, 1.82) is 0 Å². The van der Waals surface area contributed by atoms with E-state index in [1.54, 1.807) is 0 Å². The molecule has 0 saturated carbocycles. The molecule has 6 nitrogen and oxygen atoms in total. The molecule has 6 heteroatoms. The highest BCUT2D eigenvalue weighted by Crippen LogP contribution is 2.26. The predicted molar refractivity (Wildman–Crippen MR) is 91.9 cm³/mol. The highest BCUT2D eigenvalue weighted by atomic mass is 16.5. The lowest BCUT2D eigenvalue weighted by molar-refractivity contribution is -0.0683. The first-order chi connectivity index (χ1) is 11.6. The van der Waals surface area contributed by atoms with Crippen molar-refractivity contribution in [3.05, 3.63) is 30.0 Å². The maximum Gasteiger partial charge on any atom is 0.272 e. The third-order valence-electron chi connectivity index (χ3n) is 5.21. The van der Waals surface area contributed by atoms with Crippen LogP contribution in [0.3, 0.4) is 0 Å². The molecule has 2 aromatic rings. The number of hydrogen-bond acceptors (Lipinski definition) is 4. The number of H-pyrrole nitrogens is 1. The normalized spacial score (nSPS) is 27.5. The van der Waals surface area contributed by atoms with Crippen LogP contribution in [0.2, 0.25) is 0 Å². The molecule has 3 heterocycles. The molecular formula is C18H24N4O2. The number of fused-ring (bicyclic) bond motifs is 2. The summed E-state index contributed by atoms with van der Waals surface area (Å²) in [5, 5.41) is 11.1. The molecule has 0 aliphatic carbocycles. The minimum absolute atomic E-state index is 0.0985. The summed E-state index contributed by atoms with van der Waals surface area (Å²) < 4.78 is 5.96. The fraction of sp³-hybridized carbons (Fsp3) is 0.556. The van der Waals surface area contributed by atoms with Crippen LogP contribution in [0.5, 0.6) is 0 Å². The molecule has 24 heavy (non-hydrogen) atoms. The average Bonchev–Trinajstić information content (AvgIpc) is 3.17. The summed E-state index contributed by atoms with van der Waals surface area (Å²) in [5.74, 6) is 0.425. The van der Waals surface area contributed by atoms with E-state index in [4.69, 9.17) is 4.74 Å². The summed E-state index contributed by atoms with van der Waals surface area (Å²) in [5.41, 5.74) is 1.37. The Bertz CT molecular complexity index is 741. The number of aromatic amines is 1. The van der Waals surface area contributed by atoms with Gasteiger partial charge in [-0.2, -0.15) is 5.10 Å². The van der Waals surface area contributed by atoms with E-state index in [0.717, 1.165) is 37.0 Å². The Morgan fingerprint density at radius 1 is 1.38 bits per heavy atom. The molecule has 2 saturated heterocycles. The molecule has 4 rings (SSSR count). The Morgan fingerprint density at radius 3 is 3.04 bits per heavy atom. The number of hydrogen-bond donors (Lipinski definition) is 2. The summed E-state index contributed by atoms with van der Waals surface area (Å²) in [6.07, 6.45) is 1.24. The van der Waals surface area contributed by atoms with Gasteiger partial charge in [0, 0.05) is 30.6 Å². The van der Waals surface area contributed by atoms with E-state index in [2.05, 4.69) is 34.3 Å². The van der Waals surface area contributed by atoms with Crippen LogP contribution in [0, 0.1) is 5.92 Å². The third kappa shape index (κ3) is 2.80. The molecule has 3 atom stereocenters. The van der Waals surface area contributed by atoms with E-state index in [-0.39, 0.29) is 11.9 Å². The van der Waals surface area contributed by atoms with Gasteiger partial charge in [-0.25, -0.2) is 0 Å². The summed E-state index contributed by atoms with van der Waals surface area (Å²) >= 11 is 0. The number of ether oxygens (including phenoxy) is 1. The fourth-order valence-electron chi connectivity index (χ4n) is 3.80. The first-order valence-corrected chi connectivity index (χ1v) is 8.71. The van der Waals surface area contributed by atoms with E-state index in [9.17, 15) is 4.79 Å². The van der Waals surface area contributed by atoms with E-state index in [1.165, 1.54) is 0 Å². The van der Waals surface area contributed by atoms with Gasteiger partial charge in [-0.1, -0.05) is 32.0 Å². The van der Waals surface area contributed by atoms with Gasteiger partial charge in [0.25, 0.3) is 5.91 Å². The Hall–Kier alpha value is -1.92. The van der Waals surface area contributed by atoms with Gasteiger partial charge in [-0.05, 0) is 18.4 Å². The van der Waals surface area contributed by atoms with Crippen LogP contribution >= 0.6 is 0 Å². The van der Waals surface area contributed by atoms with Crippen molar-refractivity contribution in [2.24, 2.45) is 5.92 Å². The lowest BCUT2D eigenvalue weighted by atomic mass is 10.0. The van der Waals surface area contributed by atoms with Crippen LogP contribution in [0.1, 0.15) is 30.8 Å². The summed E-state index contributed by atoms with van der Waals surface area (Å²) in [7, 11) is 0. The third-order valence-corrected chi connectivity index (χ3v) is 5.21. The number of aromatic nitrogens is 2. The van der Waals surface area contributed by atoms with Crippen molar-refractivity contribution in [2.75, 3.05) is 19.7 Å². The molecule has 1 aromatic heterocycles. The first kappa shape index (κ1) is 15.6. The van der Waals surface area contributed by atoms with Crippen molar-refractivity contribution in [3.63, 3.8) is 0 Å². The molecule has 2 fully saturated rings. The molecule has 0 unspecified atom stereocenters. The summed E-state index contributed by atoms with van der Waals surface area (Å²) in [4.78, 5) is 15.1. The molecule has 2 aliphatic rings. The SMILES string of the molecule is CC(C)[C@@H]1CN2C[C@H](NC(=O)c3n[nH]c4ccccc34)C[C@H]2CO1. The molecule has 0 bridgehead atoms. The minimum Gasteiger partial charge on any atom is -0.375 e. The van der Waals surface area contributed by atoms with Crippen molar-refractivity contribution in [2.45, 2.75) is 38.5 Å². The predicted octanol–water partition coefficient (Wildman–Crippen LogP) is 1.79. The van der Waals surface area contributed by atoms with Gasteiger partial charge < -0.3 is 10.1 Å². The van der Waals surface area contributed by atoms with Gasteiger partial charge in [-0.15, -0.1) is 0 Å². The van der Waals surface area contributed by atoms with Crippen LogP contribution in [-0.4, -0.2) is 58.9 Å². The van der Waals surface area contributed by atoms with Gasteiger partial charge in [0.05, 0.1) is 18.2 Å². The molecule has 128 valence electrons. The maximum atomic E-state index is 12.6. The van der Waals surface area contributed by atoms with Crippen molar-refractivity contribution >= 4 is 16.8 Å². The second kappa shape index (κ2) is 6.18. The average molecular weight is 328 g/mol. The van der Waals surface area contributed by atoms with Gasteiger partial charge in [0.1, 0.15) is 0 Å². The molecule has 0 spiro atoms. The molecule has 1 aromatic carbocycles. The highest BCUT2D eigenvalue weighted by Gasteiger charge is 2.38. The zero-order valence-corrected chi connectivity index (χ0v) is 14.2. The maximum absolute atomic E-state index is 12.6. The lowest BCUT2D eigenvalue weighted by Crippen LogP contribution is -2.48. The zero-order valence-electron chi connectivity index (χ0n) is 14.2. The highest BCUT2D eigenvalue weighted by molar-refractivity contribution is 6.04. The number of carbonyl (C=O) groups excluding carboxylic acids is 1. The molecule has 0 radical (unpaired) electrons. The Morgan fingerprint density at radius 2 is 2.21 bits per heavy atom. The number of amides is 1. The second-order valence-corrected chi connectivity index (χ2v) is 7.25. The van der Waals surface area contributed by atoms with Crippen molar-refractivity contribution in [1.82, 2.24) is 20.4 Å². The van der Waals surface area contributed by atoms with Gasteiger partial charge in [0.15, 0.2) is 5.69 Å². The molecule has 2 N–H and O–H groups in total. The quantitative estimate of drug-likeness (QED) is 0.901. The topological polar surface area (TPSA) is 70.2 Å². The van der Waals surface area contributed by atoms with Gasteiger partial charge in [0.2, 0.25) is 0 Å². The largest absolute Gasteiger partial charge is 0.375 e. The smallest absolute Gasteiger partial charge is 0.272 e. The molecule has 2 aliphatic heterocycles. The number of para-hydroxylation sites is 1.